The van der Waals surface area contributed by atoms with E-state index >= 15 is 0 Å². The molecule has 0 saturated carbocycles. The molecule has 4 aromatic rings. The first-order valence-electron chi connectivity index (χ1n) is 12.0. The van der Waals surface area contributed by atoms with Crippen LogP contribution in [0, 0.1) is 0 Å². The van der Waals surface area contributed by atoms with Crippen LogP contribution in [0.5, 0.6) is 0 Å². The summed E-state index contributed by atoms with van der Waals surface area (Å²) in [7, 11) is 0. The molecule has 4 amide bonds. The van der Waals surface area contributed by atoms with E-state index in [1.807, 2.05) is 0 Å². The van der Waals surface area contributed by atoms with Crippen molar-refractivity contribution < 1.29 is 44.5 Å². The number of hydrogen-bond donors (Lipinski definition) is 4. The molecule has 0 aliphatic carbocycles. The van der Waals surface area contributed by atoms with Gasteiger partial charge >= 0.3 is 37.1 Å². The molecule has 0 atom stereocenters. The first-order chi connectivity index (χ1) is 23.3. The Bertz CT molecular complexity index is 1740. The summed E-state index contributed by atoms with van der Waals surface area (Å²) in [6, 6.07) is 0. The molecule has 0 aliphatic heterocycles. The summed E-state index contributed by atoms with van der Waals surface area (Å²) < 4.78 is 15.9. The summed E-state index contributed by atoms with van der Waals surface area (Å²) in [5.74, 6) is -3.17. The van der Waals surface area contributed by atoms with E-state index < -0.39 is 42.1 Å². The van der Waals surface area contributed by atoms with Gasteiger partial charge < -0.3 is 59.7 Å². The second kappa shape index (κ2) is 20.7. The van der Waals surface area contributed by atoms with Crippen molar-refractivity contribution in [3.63, 3.8) is 0 Å². The number of hydrazine groups is 2. The van der Waals surface area contributed by atoms with E-state index in [4.69, 9.17) is 80.9 Å². The molecular formula is C22H14MoN12O6S8. The van der Waals surface area contributed by atoms with Crippen LogP contribution in [0.25, 0.3) is 0 Å². The van der Waals surface area contributed by atoms with E-state index in [-0.39, 0.29) is 40.3 Å². The monoisotopic (exact) mass is 896 g/mol. The predicted molar refractivity (Wildman–Crippen MR) is 190 cm³/mol. The van der Waals surface area contributed by atoms with Crippen molar-refractivity contribution in [2.24, 2.45) is 0 Å². The van der Waals surface area contributed by atoms with Gasteiger partial charge in [-0.1, -0.05) is 24.4 Å². The molecule has 0 aliphatic rings. The zero-order valence-corrected chi connectivity index (χ0v) is 32.1. The van der Waals surface area contributed by atoms with Gasteiger partial charge in [-0.15, -0.1) is 25.3 Å². The molecule has 0 spiro atoms. The number of thiol groups is 2. The fourth-order valence-corrected chi connectivity index (χ4v) is 4.39. The Morgan fingerprint density at radius 3 is 1.16 bits per heavy atom. The fourth-order valence-electron chi connectivity index (χ4n) is 3.04. The van der Waals surface area contributed by atoms with E-state index in [9.17, 15) is 19.2 Å². The first-order valence-corrected chi connectivity index (χ1v) is 16.9. The third-order valence-corrected chi connectivity index (χ3v) is 6.26. The third-order valence-electron chi connectivity index (χ3n) is 4.84. The van der Waals surface area contributed by atoms with Gasteiger partial charge in [-0.2, -0.15) is 10.0 Å². The van der Waals surface area contributed by atoms with Crippen molar-refractivity contribution in [2.75, 3.05) is 0 Å². The van der Waals surface area contributed by atoms with Crippen LogP contribution in [0.2, 0.25) is 0 Å². The maximum absolute atomic E-state index is 12.6. The third kappa shape index (κ3) is 11.7. The number of amides is 4. The van der Waals surface area contributed by atoms with Crippen LogP contribution >= 0.6 is 74.1 Å². The van der Waals surface area contributed by atoms with Gasteiger partial charge in [-0.05, 0) is 8.64 Å². The second-order valence-corrected chi connectivity index (χ2v) is 12.3. The molecule has 4 rings (SSSR count). The van der Waals surface area contributed by atoms with E-state index in [0.717, 1.165) is 20.0 Å². The van der Waals surface area contributed by atoms with Crippen molar-refractivity contribution in [2.45, 2.75) is 0 Å². The minimum atomic E-state index is -2.03. The Hall–Kier alpha value is -3.75. The number of carbonyl (C=O) groups is 4. The molecule has 0 saturated heterocycles. The molecule has 0 radical (unpaired) electrons. The minimum absolute atomic E-state index is 0.0652. The van der Waals surface area contributed by atoms with Crippen molar-refractivity contribution in [1.29, 1.82) is 0 Å². The quantitative estimate of drug-likeness (QED) is 0.0744. The maximum atomic E-state index is 12.6. The predicted octanol–water partition coefficient (Wildman–Crippen LogP) is 1.25. The SMILES string of the molecule is O=C(c1cnccn1)N(C(=S)[S-])N(C(=O)c1ncc[nH]1)C(=S)S.O=C(c1cnccn1)N(C(=S)[S-])N(C(=O)c1ncc[nH]1)C(=S)S.[O]=[Mo+2]=[O]. The molecular weight excluding hydrogens is 881 g/mol. The number of thiocarbonyl (C=S) groups is 4. The van der Waals surface area contributed by atoms with Crippen LogP contribution in [0.4, 0.5) is 0 Å². The summed E-state index contributed by atoms with van der Waals surface area (Å²) in [6.07, 6.45) is 13.4. The summed E-state index contributed by atoms with van der Waals surface area (Å²) in [5.41, 5.74) is -0.136. The van der Waals surface area contributed by atoms with E-state index in [1.165, 1.54) is 62.0 Å². The number of nitrogens with one attached hydrogen (secondary N) is 2. The molecule has 4 aromatic heterocycles. The number of H-pyrrole nitrogens is 2. The van der Waals surface area contributed by atoms with E-state index in [1.54, 1.807) is 0 Å². The van der Waals surface area contributed by atoms with Gasteiger partial charge in [0.15, 0.2) is 20.3 Å². The molecule has 0 aromatic carbocycles. The zero-order chi connectivity index (χ0) is 36.7. The zero-order valence-electron chi connectivity index (χ0n) is 23.4. The number of rotatable bonds is 4. The topological polar surface area (TPSA) is 224 Å². The summed E-state index contributed by atoms with van der Waals surface area (Å²) >= 11 is 35.3. The van der Waals surface area contributed by atoms with Gasteiger partial charge in [0, 0.05) is 49.6 Å². The number of aromatic amines is 2. The Balaban J connectivity index is 0.000000315. The number of hydrogen-bond acceptors (Lipinski definition) is 18. The van der Waals surface area contributed by atoms with Crippen molar-refractivity contribution in [3.8, 4) is 0 Å². The van der Waals surface area contributed by atoms with Crippen LogP contribution in [0.15, 0.2) is 62.0 Å². The average molecular weight is 895 g/mol. The Morgan fingerprint density at radius 2 is 0.939 bits per heavy atom. The number of nitrogens with zero attached hydrogens (tertiary/aromatic N) is 10. The Morgan fingerprint density at radius 1 is 0.592 bits per heavy atom. The van der Waals surface area contributed by atoms with E-state index in [2.05, 4.69) is 65.1 Å². The second-order valence-electron chi connectivity index (χ2n) is 7.69. The number of aromatic nitrogens is 8. The Labute approximate surface area is 327 Å². The van der Waals surface area contributed by atoms with Gasteiger partial charge in [0.05, 0.1) is 12.4 Å². The molecule has 18 nitrogen and oxygen atoms in total. The van der Waals surface area contributed by atoms with Gasteiger partial charge in [-0.25, -0.2) is 30.0 Å². The van der Waals surface area contributed by atoms with E-state index in [0.29, 0.717) is 0 Å². The molecule has 0 bridgehead atoms. The van der Waals surface area contributed by atoms with Crippen molar-refractivity contribution in [1.82, 2.24) is 59.9 Å². The molecule has 0 unspecified atom stereocenters. The van der Waals surface area contributed by atoms with Gasteiger partial charge in [0.2, 0.25) is 0 Å². The normalized spacial score (nSPS) is 9.51. The van der Waals surface area contributed by atoms with Gasteiger partial charge in [0.25, 0.3) is 11.8 Å². The molecule has 27 heteroatoms. The first kappa shape index (κ1) is 41.4. The van der Waals surface area contributed by atoms with Crippen LogP contribution in [-0.4, -0.2) is 101 Å². The molecule has 4 heterocycles. The van der Waals surface area contributed by atoms with Crippen LogP contribution in [0.3, 0.4) is 0 Å². The average Bonchev–Trinajstić information content (AvgIpc) is 3.81. The number of carbonyl (C=O) groups excluding carboxylic acids is 4. The summed E-state index contributed by atoms with van der Waals surface area (Å²) in [4.78, 5) is 78.2. The van der Waals surface area contributed by atoms with Gasteiger partial charge in [-0.3, -0.25) is 29.1 Å². The molecule has 0 fully saturated rings. The van der Waals surface area contributed by atoms with Gasteiger partial charge in [0.1, 0.15) is 11.4 Å². The summed E-state index contributed by atoms with van der Waals surface area (Å²) in [5, 5.41) is 2.91. The van der Waals surface area contributed by atoms with Crippen molar-refractivity contribution >= 4 is 140 Å². The summed E-state index contributed by atoms with van der Waals surface area (Å²) in [6.45, 7) is 0. The molecule has 252 valence electrons. The van der Waals surface area contributed by atoms with Crippen LogP contribution in [-0.2, 0) is 50.5 Å². The molecule has 49 heavy (non-hydrogen) atoms. The molecule has 2 N–H and O–H groups in total. The van der Waals surface area contributed by atoms with Crippen molar-refractivity contribution in [3.05, 3.63) is 85.0 Å². The Kier molecular flexibility index (Phi) is 17.5. The standard InChI is InChI=1S/2C11H8N6O2S4.Mo.2O/c2*18-8(6-5-12-1-2-13-6)16(10(20)21)17(11(22)23)9(19)7-14-3-4-15-7;;;/h2*1-5H,(H,14,15)(H,20,21)(H,22,23);;;/q;;+2;;/p-2. The van der Waals surface area contributed by atoms with Crippen LogP contribution < -0.4 is 0 Å². The fraction of sp³-hybridized carbons (Fsp3) is 0. The van der Waals surface area contributed by atoms with Crippen LogP contribution in [0.1, 0.15) is 42.2 Å². The number of imidazole rings is 2.